The fourth-order valence-corrected chi connectivity index (χ4v) is 4.06. The second-order valence-corrected chi connectivity index (χ2v) is 8.97. The third kappa shape index (κ3) is 6.63. The molecule has 0 radical (unpaired) electrons. The number of amides is 1. The number of halogens is 1. The van der Waals surface area contributed by atoms with E-state index in [2.05, 4.69) is 46.4 Å². The molecule has 1 fully saturated rings. The highest BCUT2D eigenvalue weighted by molar-refractivity contribution is 9.08. The number of nitrogens with one attached hydrogen (secondary N) is 1. The van der Waals surface area contributed by atoms with Gasteiger partial charge in [0.15, 0.2) is 0 Å². The van der Waals surface area contributed by atoms with Gasteiger partial charge in [0.1, 0.15) is 11.4 Å². The van der Waals surface area contributed by atoms with Crippen LogP contribution in [0.25, 0.3) is 0 Å². The van der Waals surface area contributed by atoms with Crippen LogP contribution in [-0.2, 0) is 21.3 Å². The molecule has 150 valence electrons. The Morgan fingerprint density at radius 1 is 1.30 bits per heavy atom. The van der Waals surface area contributed by atoms with Gasteiger partial charge in [-0.1, -0.05) is 53.9 Å². The number of alkyl halides is 1. The van der Waals surface area contributed by atoms with Crippen molar-refractivity contribution in [1.82, 2.24) is 5.32 Å². The predicted molar refractivity (Wildman–Crippen MR) is 112 cm³/mol. The number of Topliss-reactive ketones (excluding diaryl/α,β-unsaturated/α-hetero) is 1. The number of carbonyl (C=O) groups is 2. The van der Waals surface area contributed by atoms with Crippen molar-refractivity contribution in [2.45, 2.75) is 89.1 Å². The Morgan fingerprint density at radius 3 is 2.67 bits per heavy atom. The van der Waals surface area contributed by atoms with Gasteiger partial charge >= 0.3 is 6.09 Å². The van der Waals surface area contributed by atoms with Gasteiger partial charge in [-0.2, -0.15) is 0 Å². The monoisotopic (exact) mass is 437 g/mol. The minimum atomic E-state index is -0.534. The third-order valence-corrected chi connectivity index (χ3v) is 5.51. The minimum absolute atomic E-state index is 0.0682. The lowest BCUT2D eigenvalue weighted by molar-refractivity contribution is -0.120. The van der Waals surface area contributed by atoms with Gasteiger partial charge in [-0.15, -0.1) is 0 Å². The van der Waals surface area contributed by atoms with E-state index in [0.717, 1.165) is 37.4 Å². The van der Waals surface area contributed by atoms with E-state index in [1.165, 1.54) is 16.7 Å². The fourth-order valence-electron chi connectivity index (χ4n) is 3.71. The number of alkyl carbamates (subject to hydrolysis) is 1. The highest BCUT2D eigenvalue weighted by Crippen LogP contribution is 2.33. The summed E-state index contributed by atoms with van der Waals surface area (Å²) in [5, 5.41) is 3.71. The van der Waals surface area contributed by atoms with Crippen LogP contribution in [0.15, 0.2) is 18.2 Å². The van der Waals surface area contributed by atoms with E-state index < -0.39 is 11.7 Å². The molecule has 1 aliphatic rings. The number of ketones is 1. The van der Waals surface area contributed by atoms with Crippen molar-refractivity contribution in [2.75, 3.05) is 0 Å². The van der Waals surface area contributed by atoms with Crippen molar-refractivity contribution in [3.05, 3.63) is 34.9 Å². The smallest absolute Gasteiger partial charge is 0.407 e. The normalized spacial score (nSPS) is 20.9. The lowest BCUT2D eigenvalue weighted by atomic mass is 9.85. The lowest BCUT2D eigenvalue weighted by Gasteiger charge is -2.23. The van der Waals surface area contributed by atoms with Crippen molar-refractivity contribution in [2.24, 2.45) is 0 Å². The summed E-state index contributed by atoms with van der Waals surface area (Å²) < 4.78 is 5.34. The summed E-state index contributed by atoms with van der Waals surface area (Å²) in [5.41, 5.74) is 3.16. The van der Waals surface area contributed by atoms with E-state index in [0.29, 0.717) is 6.42 Å². The molecule has 1 aromatic rings. The van der Waals surface area contributed by atoms with Crippen molar-refractivity contribution in [1.29, 1.82) is 0 Å². The Hall–Kier alpha value is -1.36. The lowest BCUT2D eigenvalue weighted by Crippen LogP contribution is -2.39. The fraction of sp³-hybridized carbons (Fsp3) is 0.636. The van der Waals surface area contributed by atoms with Crippen molar-refractivity contribution in [3.8, 4) is 0 Å². The highest BCUT2D eigenvalue weighted by atomic mass is 79.9. The highest BCUT2D eigenvalue weighted by Gasteiger charge is 2.30. The SMILES string of the molecule is CCCc1cc(CBr)ccc1C1CCCC(NC(=O)OC(C)(C)C)CC1=O. The Morgan fingerprint density at radius 2 is 2.04 bits per heavy atom. The molecular formula is C22H32BrNO3. The number of aryl methyl sites for hydroxylation is 1. The molecule has 1 saturated carbocycles. The van der Waals surface area contributed by atoms with Gasteiger partial charge in [0, 0.05) is 23.7 Å². The Balaban J connectivity index is 2.11. The summed E-state index contributed by atoms with van der Waals surface area (Å²) >= 11 is 3.52. The quantitative estimate of drug-likeness (QED) is 0.477. The molecule has 2 rings (SSSR count). The Labute approximate surface area is 171 Å². The molecule has 1 aliphatic carbocycles. The van der Waals surface area contributed by atoms with Crippen LogP contribution in [0.1, 0.15) is 82.4 Å². The van der Waals surface area contributed by atoms with Gasteiger partial charge in [-0.3, -0.25) is 4.79 Å². The summed E-state index contributed by atoms with van der Waals surface area (Å²) in [7, 11) is 0. The first-order valence-corrected chi connectivity index (χ1v) is 11.1. The summed E-state index contributed by atoms with van der Waals surface area (Å²) in [6.45, 7) is 7.69. The molecule has 4 nitrogen and oxygen atoms in total. The van der Waals surface area contributed by atoms with Crippen molar-refractivity contribution < 1.29 is 14.3 Å². The molecule has 2 atom stereocenters. The molecule has 1 N–H and O–H groups in total. The van der Waals surface area contributed by atoms with Gasteiger partial charge in [0.05, 0.1) is 0 Å². The van der Waals surface area contributed by atoms with Crippen LogP contribution in [0, 0.1) is 0 Å². The van der Waals surface area contributed by atoms with Crippen molar-refractivity contribution >= 4 is 27.8 Å². The molecule has 0 bridgehead atoms. The maximum absolute atomic E-state index is 13.0. The summed E-state index contributed by atoms with van der Waals surface area (Å²) in [6.07, 6.45) is 4.55. The topological polar surface area (TPSA) is 55.4 Å². The van der Waals surface area contributed by atoms with Crippen LogP contribution in [-0.4, -0.2) is 23.5 Å². The molecule has 0 aliphatic heterocycles. The van der Waals surface area contributed by atoms with Crippen LogP contribution in [0.2, 0.25) is 0 Å². The maximum Gasteiger partial charge on any atom is 0.407 e. The summed E-state index contributed by atoms with van der Waals surface area (Å²) in [4.78, 5) is 25.1. The zero-order valence-electron chi connectivity index (χ0n) is 16.9. The first kappa shape index (κ1) is 21.9. The molecule has 2 unspecified atom stereocenters. The Kier molecular flexibility index (Phi) is 7.90. The molecule has 0 spiro atoms. The Bertz CT molecular complexity index is 666. The van der Waals surface area contributed by atoms with Crippen LogP contribution >= 0.6 is 15.9 Å². The van der Waals surface area contributed by atoms with Crippen molar-refractivity contribution in [3.63, 3.8) is 0 Å². The molecule has 1 aromatic carbocycles. The largest absolute Gasteiger partial charge is 0.444 e. The van der Waals surface area contributed by atoms with E-state index in [9.17, 15) is 9.59 Å². The minimum Gasteiger partial charge on any atom is -0.444 e. The van der Waals surface area contributed by atoms with E-state index in [1.54, 1.807) is 0 Å². The van der Waals surface area contributed by atoms with Crippen LogP contribution in [0.5, 0.6) is 0 Å². The molecule has 1 amide bonds. The number of benzene rings is 1. The molecular weight excluding hydrogens is 406 g/mol. The first-order valence-electron chi connectivity index (χ1n) is 9.93. The summed E-state index contributed by atoms with van der Waals surface area (Å²) in [6, 6.07) is 6.32. The second-order valence-electron chi connectivity index (χ2n) is 8.41. The molecule has 5 heteroatoms. The number of ether oxygens (including phenoxy) is 1. The van der Waals surface area contributed by atoms with Gasteiger partial charge in [0.25, 0.3) is 0 Å². The molecule has 0 heterocycles. The first-order chi connectivity index (χ1) is 12.7. The third-order valence-electron chi connectivity index (χ3n) is 4.86. The number of hydrogen-bond acceptors (Lipinski definition) is 3. The van der Waals surface area contributed by atoms with Gasteiger partial charge in [0.2, 0.25) is 0 Å². The van der Waals surface area contributed by atoms with Crippen LogP contribution < -0.4 is 5.32 Å². The van der Waals surface area contributed by atoms with E-state index in [4.69, 9.17) is 4.74 Å². The van der Waals surface area contributed by atoms with E-state index >= 15 is 0 Å². The zero-order chi connectivity index (χ0) is 20.0. The van der Waals surface area contributed by atoms with E-state index in [1.807, 2.05) is 20.8 Å². The maximum atomic E-state index is 13.0. The molecule has 0 aromatic heterocycles. The number of hydrogen-bond donors (Lipinski definition) is 1. The summed E-state index contributed by atoms with van der Waals surface area (Å²) in [5.74, 6) is 0.152. The zero-order valence-corrected chi connectivity index (χ0v) is 18.5. The number of carbonyl (C=O) groups excluding carboxylic acids is 2. The van der Waals surface area contributed by atoms with E-state index in [-0.39, 0.29) is 17.7 Å². The molecule has 0 saturated heterocycles. The average Bonchev–Trinajstić information content (AvgIpc) is 2.74. The van der Waals surface area contributed by atoms with Gasteiger partial charge < -0.3 is 10.1 Å². The van der Waals surface area contributed by atoms with Crippen LogP contribution in [0.3, 0.4) is 0 Å². The standard InChI is InChI=1S/C22H32BrNO3/c1-5-7-16-12-15(14-23)10-11-18(16)19-9-6-8-17(13-20(19)25)24-21(26)27-22(2,3)4/h10-12,17,19H,5-9,13-14H2,1-4H3,(H,24,26). The molecule has 27 heavy (non-hydrogen) atoms. The predicted octanol–water partition coefficient (Wildman–Crippen LogP) is 5.65. The van der Waals surface area contributed by atoms with Crippen LogP contribution in [0.4, 0.5) is 4.79 Å². The second kappa shape index (κ2) is 9.72. The number of rotatable bonds is 5. The average molecular weight is 438 g/mol. The van der Waals surface area contributed by atoms with Gasteiger partial charge in [-0.25, -0.2) is 4.79 Å². The van der Waals surface area contributed by atoms with Gasteiger partial charge in [-0.05, 0) is 56.7 Å².